The van der Waals surface area contributed by atoms with Gasteiger partial charge in [0.05, 0.1) is 22.7 Å². The molecule has 2 aliphatic rings. The van der Waals surface area contributed by atoms with Crippen molar-refractivity contribution < 1.29 is 9.90 Å². The molecule has 2 fully saturated rings. The van der Waals surface area contributed by atoms with Crippen molar-refractivity contribution in [1.29, 1.82) is 0 Å². The molecule has 1 saturated heterocycles. The first-order valence-electron chi connectivity index (χ1n) is 8.91. The lowest BCUT2D eigenvalue weighted by molar-refractivity contribution is 0.00601. The summed E-state index contributed by atoms with van der Waals surface area (Å²) in [5, 5.41) is 14.9. The normalized spacial score (nSPS) is 17.5. The fourth-order valence-corrected chi connectivity index (χ4v) is 3.50. The second-order valence-electron chi connectivity index (χ2n) is 7.12. The van der Waals surface area contributed by atoms with Gasteiger partial charge in [-0.1, -0.05) is 6.07 Å². The van der Waals surface area contributed by atoms with Crippen molar-refractivity contribution >= 4 is 16.9 Å². The molecule has 1 amide bonds. The van der Waals surface area contributed by atoms with Gasteiger partial charge in [0.2, 0.25) is 0 Å². The van der Waals surface area contributed by atoms with Crippen LogP contribution >= 0.6 is 0 Å². The van der Waals surface area contributed by atoms with Gasteiger partial charge in [-0.2, -0.15) is 9.78 Å². The van der Waals surface area contributed by atoms with Gasteiger partial charge < -0.3 is 10.0 Å². The molecule has 1 aliphatic heterocycles. The predicted octanol–water partition coefficient (Wildman–Crippen LogP) is 1.82. The zero-order valence-electron chi connectivity index (χ0n) is 14.5. The Balaban J connectivity index is 1.71. The first-order chi connectivity index (χ1) is 12.6. The molecule has 4 heterocycles. The summed E-state index contributed by atoms with van der Waals surface area (Å²) < 4.78 is 1.72. The Morgan fingerprint density at radius 3 is 2.73 bits per heavy atom. The fraction of sp³-hybridized carbons (Fsp3) is 0.368. The number of likely N-dealkylation sites (tertiary alicyclic amines) is 1. The number of fused-ring (bicyclic) bond motifs is 1. The number of carbonyl (C=O) groups is 1. The van der Waals surface area contributed by atoms with E-state index in [1.165, 1.54) is 0 Å². The molecule has 0 radical (unpaired) electrons. The van der Waals surface area contributed by atoms with Crippen LogP contribution in [0.5, 0.6) is 0 Å². The Kier molecular flexibility index (Phi) is 3.33. The molecule has 0 aromatic carbocycles. The maximum absolute atomic E-state index is 13.0. The van der Waals surface area contributed by atoms with E-state index in [1.807, 2.05) is 31.2 Å². The van der Waals surface area contributed by atoms with Crippen LogP contribution in [0.2, 0.25) is 0 Å². The second-order valence-corrected chi connectivity index (χ2v) is 7.12. The molecule has 0 bridgehead atoms. The number of nitrogens with zero attached hydrogens (tertiary/aromatic N) is 5. The number of amides is 1. The highest BCUT2D eigenvalue weighted by Crippen LogP contribution is 2.41. The third-order valence-corrected chi connectivity index (χ3v) is 5.07. The molecule has 26 heavy (non-hydrogen) atoms. The van der Waals surface area contributed by atoms with E-state index in [4.69, 9.17) is 4.98 Å². The van der Waals surface area contributed by atoms with Gasteiger partial charge in [-0.05, 0) is 38.0 Å². The number of rotatable bonds is 3. The van der Waals surface area contributed by atoms with E-state index in [1.54, 1.807) is 15.8 Å². The lowest BCUT2D eigenvalue weighted by Crippen LogP contribution is -2.53. The molecule has 3 aromatic rings. The van der Waals surface area contributed by atoms with E-state index in [0.717, 1.165) is 29.6 Å². The maximum Gasteiger partial charge on any atom is 0.254 e. The van der Waals surface area contributed by atoms with Crippen LogP contribution < -0.4 is 0 Å². The highest BCUT2D eigenvalue weighted by atomic mass is 16.3. The van der Waals surface area contributed by atoms with Gasteiger partial charge in [-0.3, -0.25) is 4.79 Å². The number of carbonyl (C=O) groups excluding carboxylic acids is 1. The standard InChI is InChI=1S/C19H19N5O2/c1-11-17-14(19(26)23-9-13(25)10-23)8-15(12-5-6-12)21-18(17)24(22-11)16-4-2-3-7-20-16/h2-4,7-8,12-13,25H,5-6,9-10H2,1H3. The third-order valence-electron chi connectivity index (χ3n) is 5.07. The summed E-state index contributed by atoms with van der Waals surface area (Å²) in [4.78, 5) is 23.9. The number of aryl methyl sites for hydroxylation is 1. The molecule has 0 unspecified atom stereocenters. The summed E-state index contributed by atoms with van der Waals surface area (Å²) in [6.45, 7) is 2.66. The predicted molar refractivity (Wildman–Crippen MR) is 95.3 cm³/mol. The minimum atomic E-state index is -0.420. The van der Waals surface area contributed by atoms with Gasteiger partial charge in [0, 0.05) is 30.9 Å². The van der Waals surface area contributed by atoms with Crippen molar-refractivity contribution in [3.8, 4) is 5.82 Å². The maximum atomic E-state index is 13.0. The van der Waals surface area contributed by atoms with E-state index >= 15 is 0 Å². The van der Waals surface area contributed by atoms with E-state index in [-0.39, 0.29) is 5.91 Å². The van der Waals surface area contributed by atoms with Gasteiger partial charge in [0.25, 0.3) is 5.91 Å². The lowest BCUT2D eigenvalue weighted by Gasteiger charge is -2.36. The number of aromatic nitrogens is 4. The molecule has 132 valence electrons. The highest BCUT2D eigenvalue weighted by Gasteiger charge is 2.34. The van der Waals surface area contributed by atoms with Crippen molar-refractivity contribution in [2.45, 2.75) is 31.8 Å². The number of β-amino-alcohol motifs (C(OH)–C–C–N with tert-alkyl or cyclic N) is 1. The molecule has 0 spiro atoms. The van der Waals surface area contributed by atoms with Crippen molar-refractivity contribution in [1.82, 2.24) is 24.6 Å². The fourth-order valence-electron chi connectivity index (χ4n) is 3.50. The van der Waals surface area contributed by atoms with Crippen molar-refractivity contribution in [2.24, 2.45) is 0 Å². The molecule has 1 saturated carbocycles. The van der Waals surface area contributed by atoms with E-state index < -0.39 is 6.10 Å². The summed E-state index contributed by atoms with van der Waals surface area (Å²) >= 11 is 0. The molecular formula is C19H19N5O2. The third kappa shape index (κ3) is 2.39. The van der Waals surface area contributed by atoms with Crippen LogP contribution in [0.3, 0.4) is 0 Å². The SMILES string of the molecule is Cc1nn(-c2ccccn2)c2nc(C3CC3)cc(C(=O)N3CC(O)C3)c12. The Morgan fingerprint density at radius 2 is 2.08 bits per heavy atom. The Bertz CT molecular complexity index is 1000. The molecule has 7 nitrogen and oxygen atoms in total. The molecule has 1 N–H and O–H groups in total. The Labute approximate surface area is 150 Å². The average Bonchev–Trinajstić information content (AvgIpc) is 3.43. The summed E-state index contributed by atoms with van der Waals surface area (Å²) in [5.74, 6) is 1.04. The van der Waals surface area contributed by atoms with Gasteiger partial charge in [0.15, 0.2) is 11.5 Å². The monoisotopic (exact) mass is 349 g/mol. The van der Waals surface area contributed by atoms with Gasteiger partial charge >= 0.3 is 0 Å². The van der Waals surface area contributed by atoms with E-state index in [2.05, 4.69) is 10.1 Å². The Morgan fingerprint density at radius 1 is 1.27 bits per heavy atom. The smallest absolute Gasteiger partial charge is 0.254 e. The molecular weight excluding hydrogens is 330 g/mol. The molecule has 7 heteroatoms. The van der Waals surface area contributed by atoms with Crippen molar-refractivity contribution in [2.75, 3.05) is 13.1 Å². The van der Waals surface area contributed by atoms with Crippen molar-refractivity contribution in [3.63, 3.8) is 0 Å². The van der Waals surface area contributed by atoms with Crippen LogP contribution in [0.25, 0.3) is 16.9 Å². The highest BCUT2D eigenvalue weighted by molar-refractivity contribution is 6.07. The molecule has 3 aromatic heterocycles. The number of hydrogen-bond donors (Lipinski definition) is 1. The average molecular weight is 349 g/mol. The van der Waals surface area contributed by atoms with Crippen LogP contribution in [0, 0.1) is 6.92 Å². The molecule has 5 rings (SSSR count). The minimum Gasteiger partial charge on any atom is -0.389 e. The van der Waals surface area contributed by atoms with Gasteiger partial charge in [-0.15, -0.1) is 0 Å². The van der Waals surface area contributed by atoms with Crippen LogP contribution in [0.4, 0.5) is 0 Å². The van der Waals surface area contributed by atoms with Crippen molar-refractivity contribution in [3.05, 3.63) is 47.4 Å². The number of hydrogen-bond acceptors (Lipinski definition) is 5. The summed E-state index contributed by atoms with van der Waals surface area (Å²) in [5.41, 5.74) is 3.00. The number of aliphatic hydroxyl groups is 1. The number of aliphatic hydroxyl groups excluding tert-OH is 1. The largest absolute Gasteiger partial charge is 0.389 e. The molecule has 1 aliphatic carbocycles. The first kappa shape index (κ1) is 15.5. The zero-order valence-corrected chi connectivity index (χ0v) is 14.5. The summed E-state index contributed by atoms with van der Waals surface area (Å²) in [6, 6.07) is 7.56. The molecule has 0 atom stereocenters. The van der Waals surface area contributed by atoms with E-state index in [9.17, 15) is 9.90 Å². The summed E-state index contributed by atoms with van der Waals surface area (Å²) in [6.07, 6.45) is 3.50. The van der Waals surface area contributed by atoms with Gasteiger partial charge in [-0.25, -0.2) is 9.97 Å². The Hall–Kier alpha value is -2.80. The summed E-state index contributed by atoms with van der Waals surface area (Å²) in [7, 11) is 0. The second kappa shape index (κ2) is 5.60. The van der Waals surface area contributed by atoms with Gasteiger partial charge in [0.1, 0.15) is 0 Å². The van der Waals surface area contributed by atoms with E-state index in [0.29, 0.717) is 36.0 Å². The zero-order chi connectivity index (χ0) is 17.8. The van der Waals surface area contributed by atoms with Crippen LogP contribution in [0.15, 0.2) is 30.5 Å². The van der Waals surface area contributed by atoms with Crippen LogP contribution in [-0.4, -0.2) is 54.9 Å². The minimum absolute atomic E-state index is 0.0618. The van der Waals surface area contributed by atoms with Crippen LogP contribution in [0.1, 0.15) is 40.5 Å². The van der Waals surface area contributed by atoms with Crippen LogP contribution in [-0.2, 0) is 0 Å². The quantitative estimate of drug-likeness (QED) is 0.780. The lowest BCUT2D eigenvalue weighted by atomic mass is 10.0. The number of pyridine rings is 2. The topological polar surface area (TPSA) is 84.1 Å². The first-order valence-corrected chi connectivity index (χ1v) is 8.91.